The quantitative estimate of drug-likeness (QED) is 0.402. The van der Waals surface area contributed by atoms with E-state index < -0.39 is 0 Å². The Morgan fingerprint density at radius 3 is 2.53 bits per heavy atom. The number of nitrogens with zero attached hydrogens (tertiary/aromatic N) is 3. The normalized spacial score (nSPS) is 10.8. The Kier molecular flexibility index (Phi) is 1.78. The molecule has 2 aromatic rings. The third-order valence-electron chi connectivity index (χ3n) is 2.06. The van der Waals surface area contributed by atoms with E-state index in [1.807, 2.05) is 0 Å². The van der Waals surface area contributed by atoms with E-state index in [0.29, 0.717) is 14.2 Å². The van der Waals surface area contributed by atoms with Crippen LogP contribution in [0.3, 0.4) is 0 Å². The Morgan fingerprint density at radius 2 is 2.00 bits per heavy atom. The number of methoxy groups -OCH3 is 2. The van der Waals surface area contributed by atoms with Gasteiger partial charge in [-0.05, 0) is 4.73 Å². The van der Waals surface area contributed by atoms with E-state index in [0.717, 1.165) is 6.33 Å². The molecule has 0 aliphatic carbocycles. The first-order chi connectivity index (χ1) is 7.11. The van der Waals surface area contributed by atoms with Crippen LogP contribution >= 0.6 is 0 Å². The molecule has 0 fully saturated rings. The lowest BCUT2D eigenvalue weighted by molar-refractivity contribution is -0.584. The van der Waals surface area contributed by atoms with Gasteiger partial charge in [-0.1, -0.05) is 4.73 Å². The minimum Gasteiger partial charge on any atom is -0.740 e. The molecule has 8 nitrogen and oxygen atoms in total. The van der Waals surface area contributed by atoms with Crippen LogP contribution in [0.1, 0.15) is 0 Å². The first kappa shape index (κ1) is 9.31. The van der Waals surface area contributed by atoms with E-state index in [2.05, 4.69) is 0 Å². The highest BCUT2D eigenvalue weighted by molar-refractivity contribution is 5.81. The number of rotatable bonds is 2. The van der Waals surface area contributed by atoms with Crippen LogP contribution in [0.4, 0.5) is 0 Å². The summed E-state index contributed by atoms with van der Waals surface area (Å²) in [4.78, 5) is 0. The van der Waals surface area contributed by atoms with Gasteiger partial charge in [0.1, 0.15) is 0 Å². The zero-order chi connectivity index (χ0) is 11.2. The maximum Gasteiger partial charge on any atom is 0.340 e. The molecular formula is C7H9N3O5. The number of ether oxygens (including phenoxy) is 2. The van der Waals surface area contributed by atoms with Gasteiger partial charge < -0.3 is 25.1 Å². The maximum absolute atomic E-state index is 11.3. The first-order valence-corrected chi connectivity index (χ1v) is 3.97. The van der Waals surface area contributed by atoms with Crippen molar-refractivity contribution in [2.45, 2.75) is 0 Å². The molecule has 2 rings (SSSR count). The molecule has 0 spiro atoms. The van der Waals surface area contributed by atoms with Crippen molar-refractivity contribution in [2.75, 3.05) is 14.2 Å². The lowest BCUT2D eigenvalue weighted by Crippen LogP contribution is -2.25. The number of imidazole rings is 1. The van der Waals surface area contributed by atoms with Crippen LogP contribution in [-0.4, -0.2) is 34.1 Å². The summed E-state index contributed by atoms with van der Waals surface area (Å²) in [6.07, 6.45) is 0.847. The largest absolute Gasteiger partial charge is 0.740 e. The number of aromatic nitrogens is 3. The fourth-order valence-electron chi connectivity index (χ4n) is 1.47. The predicted octanol–water partition coefficient (Wildman–Crippen LogP) is -0.432. The molecule has 2 aromatic heterocycles. The molecule has 0 amide bonds. The van der Waals surface area contributed by atoms with Crippen LogP contribution in [-0.2, 0) is 0 Å². The lowest BCUT2D eigenvalue weighted by Gasteiger charge is -2.01. The number of hydrogen-bond acceptors (Lipinski definition) is 5. The zero-order valence-corrected chi connectivity index (χ0v) is 8.04. The van der Waals surface area contributed by atoms with E-state index in [9.17, 15) is 15.6 Å². The lowest BCUT2D eigenvalue weighted by atomic mass is 10.5. The second-order valence-electron chi connectivity index (χ2n) is 2.81. The average Bonchev–Trinajstić information content (AvgIpc) is 2.64. The standard InChI is InChI=1S/C7H9N3O5/c1-14-5-4-6(9(12)3-8(4)11)10(13)7(5)15-2/h3,11,13H,1-2H3. The number of fused-ring (bicyclic) bond motifs is 1. The van der Waals surface area contributed by atoms with Gasteiger partial charge in [-0.15, -0.1) is 0 Å². The van der Waals surface area contributed by atoms with Gasteiger partial charge >= 0.3 is 11.5 Å². The van der Waals surface area contributed by atoms with Gasteiger partial charge in [-0.25, -0.2) is 4.73 Å². The Hall–Kier alpha value is -2.25. The molecular weight excluding hydrogens is 206 g/mol. The molecule has 0 bridgehead atoms. The summed E-state index contributed by atoms with van der Waals surface area (Å²) in [6.45, 7) is 0. The Balaban J connectivity index is 2.92. The highest BCUT2D eigenvalue weighted by Gasteiger charge is 2.31. The van der Waals surface area contributed by atoms with Crippen molar-refractivity contribution < 1.29 is 24.6 Å². The van der Waals surface area contributed by atoms with Crippen molar-refractivity contribution in [1.29, 1.82) is 0 Å². The molecule has 0 radical (unpaired) electrons. The molecule has 82 valence electrons. The Labute approximate surface area is 83.6 Å². The summed E-state index contributed by atoms with van der Waals surface area (Å²) in [5.41, 5.74) is -0.141. The molecule has 0 aliphatic rings. The van der Waals surface area contributed by atoms with Crippen molar-refractivity contribution in [3.05, 3.63) is 11.5 Å². The van der Waals surface area contributed by atoms with Crippen molar-refractivity contribution in [2.24, 2.45) is 0 Å². The third kappa shape index (κ3) is 0.981. The molecule has 0 aromatic carbocycles. The molecule has 15 heavy (non-hydrogen) atoms. The van der Waals surface area contributed by atoms with E-state index >= 15 is 0 Å². The van der Waals surface area contributed by atoms with Crippen molar-refractivity contribution in [1.82, 2.24) is 9.46 Å². The van der Waals surface area contributed by atoms with Gasteiger partial charge in [0.05, 0.1) is 14.2 Å². The van der Waals surface area contributed by atoms with Crippen LogP contribution < -0.4 is 14.2 Å². The number of hydrogen-bond donors (Lipinski definition) is 2. The first-order valence-electron chi connectivity index (χ1n) is 3.97. The summed E-state index contributed by atoms with van der Waals surface area (Å²) < 4.78 is 11.1. The molecule has 0 unspecified atom stereocenters. The minimum atomic E-state index is -0.175. The van der Waals surface area contributed by atoms with Crippen molar-refractivity contribution >= 4 is 11.2 Å². The SMILES string of the molecule is COc1c(OC)n(O)c2c1n(O)c[n+]2[O-]. The Bertz CT molecular complexity index is 514. The zero-order valence-electron chi connectivity index (χ0n) is 8.04. The van der Waals surface area contributed by atoms with Crippen LogP contribution in [0, 0.1) is 5.21 Å². The van der Waals surface area contributed by atoms with Gasteiger partial charge in [0, 0.05) is 0 Å². The maximum atomic E-state index is 11.3. The summed E-state index contributed by atoms with van der Waals surface area (Å²) in [7, 11) is 2.64. The highest BCUT2D eigenvalue weighted by atomic mass is 16.6. The van der Waals surface area contributed by atoms with Gasteiger partial charge in [-0.2, -0.15) is 0 Å². The summed E-state index contributed by atoms with van der Waals surface area (Å²) >= 11 is 0. The molecule has 0 atom stereocenters. The van der Waals surface area contributed by atoms with Crippen LogP contribution in [0.5, 0.6) is 11.6 Å². The summed E-state index contributed by atoms with van der Waals surface area (Å²) in [6, 6.07) is 0. The highest BCUT2D eigenvalue weighted by Crippen LogP contribution is 2.36. The molecule has 0 saturated heterocycles. The molecule has 2 heterocycles. The van der Waals surface area contributed by atoms with Gasteiger partial charge in [0.15, 0.2) is 0 Å². The Morgan fingerprint density at radius 1 is 1.33 bits per heavy atom. The van der Waals surface area contributed by atoms with E-state index in [4.69, 9.17) is 9.47 Å². The molecule has 0 saturated carbocycles. The van der Waals surface area contributed by atoms with Crippen LogP contribution in [0.25, 0.3) is 11.2 Å². The van der Waals surface area contributed by atoms with Crippen molar-refractivity contribution in [3.8, 4) is 11.6 Å². The average molecular weight is 215 g/mol. The molecule has 2 N–H and O–H groups in total. The predicted molar refractivity (Wildman–Crippen MR) is 46.4 cm³/mol. The van der Waals surface area contributed by atoms with Gasteiger partial charge in [0.2, 0.25) is 12.1 Å². The fourth-order valence-corrected chi connectivity index (χ4v) is 1.47. The van der Waals surface area contributed by atoms with Crippen molar-refractivity contribution in [3.63, 3.8) is 0 Å². The third-order valence-corrected chi connectivity index (χ3v) is 2.06. The second-order valence-corrected chi connectivity index (χ2v) is 2.81. The van der Waals surface area contributed by atoms with E-state index in [1.54, 1.807) is 0 Å². The summed E-state index contributed by atoms with van der Waals surface area (Å²) in [5.74, 6) is 0.0163. The minimum absolute atomic E-state index is 0.0341. The van der Waals surface area contributed by atoms with Gasteiger partial charge in [-0.3, -0.25) is 0 Å². The van der Waals surface area contributed by atoms with E-state index in [1.165, 1.54) is 14.2 Å². The van der Waals surface area contributed by atoms with Gasteiger partial charge in [0.25, 0.3) is 5.52 Å². The fraction of sp³-hybridized carbons (Fsp3) is 0.286. The second kappa shape index (κ2) is 2.87. The van der Waals surface area contributed by atoms with E-state index in [-0.39, 0.29) is 22.8 Å². The monoisotopic (exact) mass is 215 g/mol. The van der Waals surface area contributed by atoms with Crippen LogP contribution in [0.2, 0.25) is 0 Å². The molecule has 8 heteroatoms. The topological polar surface area (TPSA) is 95.7 Å². The molecule has 0 aliphatic heterocycles. The summed E-state index contributed by atoms with van der Waals surface area (Å²) in [5, 5.41) is 30.2. The van der Waals surface area contributed by atoms with Crippen LogP contribution in [0.15, 0.2) is 6.33 Å². The smallest absolute Gasteiger partial charge is 0.340 e.